The lowest BCUT2D eigenvalue weighted by Gasteiger charge is -2.17. The summed E-state index contributed by atoms with van der Waals surface area (Å²) < 4.78 is 85.1. The van der Waals surface area contributed by atoms with Crippen molar-refractivity contribution in [3.63, 3.8) is 0 Å². The smallest absolute Gasteiger partial charge is 0.352 e. The van der Waals surface area contributed by atoms with Gasteiger partial charge in [0.05, 0.1) is 27.9 Å². The molecule has 0 fully saturated rings. The first-order valence-corrected chi connectivity index (χ1v) is 14.4. The molecule has 4 aromatic carbocycles. The molecule has 0 saturated carbocycles. The number of pyridine rings is 1. The number of fused-ring (bicyclic) bond motifs is 3. The SMILES string of the molecule is O=C(c1ccc(Br)cc1)c1c(Nc2cc(C(F)(F)F)cc(C(F)(F)F)c2)c(Nc2ccc(Cl)cc2)n2ccc3ccccc3c12. The number of rotatable bonds is 6. The van der Waals surface area contributed by atoms with Crippen molar-refractivity contribution < 1.29 is 31.1 Å². The highest BCUT2D eigenvalue weighted by Gasteiger charge is 2.37. The minimum absolute atomic E-state index is 0.0262. The highest BCUT2D eigenvalue weighted by atomic mass is 79.9. The van der Waals surface area contributed by atoms with E-state index >= 15 is 0 Å². The molecule has 0 aliphatic carbocycles. The predicted octanol–water partition coefficient (Wildman–Crippen LogP) is 11.3. The van der Waals surface area contributed by atoms with E-state index in [9.17, 15) is 31.1 Å². The third-order valence-electron chi connectivity index (χ3n) is 7.12. The number of nitrogens with zero attached hydrogens (tertiary/aromatic N) is 1. The van der Waals surface area contributed by atoms with Gasteiger partial charge in [-0.25, -0.2) is 0 Å². The van der Waals surface area contributed by atoms with Crippen LogP contribution < -0.4 is 10.6 Å². The molecule has 0 unspecified atom stereocenters. The Bertz CT molecular complexity index is 2040. The van der Waals surface area contributed by atoms with Gasteiger partial charge in [0.2, 0.25) is 0 Å². The first-order chi connectivity index (χ1) is 21.3. The second kappa shape index (κ2) is 11.5. The molecule has 0 saturated heterocycles. The molecule has 2 aromatic heterocycles. The number of benzene rings is 4. The Labute approximate surface area is 265 Å². The summed E-state index contributed by atoms with van der Waals surface area (Å²) in [5.74, 6) is -0.310. The number of alkyl halides is 6. The van der Waals surface area contributed by atoms with Crippen molar-refractivity contribution >= 4 is 72.5 Å². The van der Waals surface area contributed by atoms with Crippen LogP contribution in [0.15, 0.2) is 108 Å². The van der Waals surface area contributed by atoms with Gasteiger partial charge >= 0.3 is 12.4 Å². The van der Waals surface area contributed by atoms with Gasteiger partial charge < -0.3 is 15.0 Å². The van der Waals surface area contributed by atoms with E-state index in [-0.39, 0.29) is 28.7 Å². The van der Waals surface area contributed by atoms with Crippen molar-refractivity contribution in [3.8, 4) is 0 Å². The predicted molar refractivity (Wildman–Crippen MR) is 167 cm³/mol. The van der Waals surface area contributed by atoms with Crippen molar-refractivity contribution in [2.75, 3.05) is 10.6 Å². The molecule has 6 aromatic rings. The van der Waals surface area contributed by atoms with E-state index in [4.69, 9.17) is 11.6 Å². The number of ketones is 1. The molecule has 12 heteroatoms. The summed E-state index contributed by atoms with van der Waals surface area (Å²) in [7, 11) is 0. The fourth-order valence-electron chi connectivity index (χ4n) is 5.07. The number of hydrogen-bond donors (Lipinski definition) is 2. The minimum atomic E-state index is -5.07. The van der Waals surface area contributed by atoms with Crippen molar-refractivity contribution in [1.82, 2.24) is 4.40 Å². The summed E-state index contributed by atoms with van der Waals surface area (Å²) in [6.07, 6.45) is -8.47. The molecule has 0 amide bonds. The highest BCUT2D eigenvalue weighted by Crippen LogP contribution is 2.43. The van der Waals surface area contributed by atoms with E-state index in [0.717, 1.165) is 5.39 Å². The monoisotopic (exact) mass is 701 g/mol. The minimum Gasteiger partial charge on any atom is -0.352 e. The number of aromatic nitrogens is 1. The lowest BCUT2D eigenvalue weighted by atomic mass is 10.00. The summed E-state index contributed by atoms with van der Waals surface area (Å²) in [5, 5.41) is 7.80. The van der Waals surface area contributed by atoms with Crippen molar-refractivity contribution in [2.45, 2.75) is 12.4 Å². The zero-order valence-electron chi connectivity index (χ0n) is 22.7. The molecular weight excluding hydrogens is 684 g/mol. The average Bonchev–Trinajstić information content (AvgIpc) is 3.30. The van der Waals surface area contributed by atoms with Crippen LogP contribution in [0.25, 0.3) is 16.3 Å². The van der Waals surface area contributed by atoms with E-state index in [1.54, 1.807) is 77.3 Å². The highest BCUT2D eigenvalue weighted by molar-refractivity contribution is 9.10. The molecule has 0 aliphatic rings. The van der Waals surface area contributed by atoms with Gasteiger partial charge in [0.1, 0.15) is 5.82 Å². The Morgan fingerprint density at radius 2 is 1.36 bits per heavy atom. The topological polar surface area (TPSA) is 45.5 Å². The third-order valence-corrected chi connectivity index (χ3v) is 7.90. The van der Waals surface area contributed by atoms with Crippen LogP contribution in [0.5, 0.6) is 0 Å². The molecule has 45 heavy (non-hydrogen) atoms. The molecular formula is C33H19BrClF6N3O. The summed E-state index contributed by atoms with van der Waals surface area (Å²) in [4.78, 5) is 14.3. The van der Waals surface area contributed by atoms with Crippen LogP contribution in [0, 0.1) is 0 Å². The summed E-state index contributed by atoms with van der Waals surface area (Å²) >= 11 is 9.41. The van der Waals surface area contributed by atoms with Gasteiger partial charge in [-0.05, 0) is 78.2 Å². The number of anilines is 4. The van der Waals surface area contributed by atoms with Crippen molar-refractivity contribution in [3.05, 3.63) is 135 Å². The molecule has 0 bridgehead atoms. The second-order valence-corrected chi connectivity index (χ2v) is 11.5. The van der Waals surface area contributed by atoms with Gasteiger partial charge in [-0.15, -0.1) is 0 Å². The van der Waals surface area contributed by atoms with E-state index in [1.165, 1.54) is 0 Å². The quantitative estimate of drug-likeness (QED) is 0.134. The number of halogens is 8. The number of carbonyl (C=O) groups excluding carboxylic acids is 1. The molecule has 0 spiro atoms. The largest absolute Gasteiger partial charge is 0.416 e. The Morgan fingerprint density at radius 3 is 1.98 bits per heavy atom. The maximum Gasteiger partial charge on any atom is 0.416 e. The summed E-state index contributed by atoms with van der Waals surface area (Å²) in [6, 6.07) is 23.2. The van der Waals surface area contributed by atoms with Gasteiger partial charge in [-0.3, -0.25) is 4.79 Å². The number of nitrogens with one attached hydrogen (secondary N) is 2. The van der Waals surface area contributed by atoms with Crippen LogP contribution in [0.1, 0.15) is 27.0 Å². The third kappa shape index (κ3) is 6.10. The first kappa shape index (κ1) is 30.5. The maximum absolute atomic E-state index is 14.3. The van der Waals surface area contributed by atoms with Gasteiger partial charge in [-0.1, -0.05) is 51.8 Å². The van der Waals surface area contributed by atoms with Crippen molar-refractivity contribution in [1.29, 1.82) is 0 Å². The molecule has 0 atom stereocenters. The average molecular weight is 703 g/mol. The van der Waals surface area contributed by atoms with Gasteiger partial charge in [-0.2, -0.15) is 26.3 Å². The van der Waals surface area contributed by atoms with E-state index < -0.39 is 35.0 Å². The lowest BCUT2D eigenvalue weighted by molar-refractivity contribution is -0.143. The Balaban J connectivity index is 1.68. The molecule has 2 N–H and O–H groups in total. The molecule has 6 rings (SSSR count). The van der Waals surface area contributed by atoms with E-state index in [1.807, 2.05) is 12.1 Å². The Morgan fingerprint density at radius 1 is 0.733 bits per heavy atom. The molecule has 228 valence electrons. The van der Waals surface area contributed by atoms with Crippen LogP contribution in [0.3, 0.4) is 0 Å². The fraction of sp³-hybridized carbons (Fsp3) is 0.0606. The molecule has 4 nitrogen and oxygen atoms in total. The first-order valence-electron chi connectivity index (χ1n) is 13.2. The fourth-order valence-corrected chi connectivity index (χ4v) is 5.46. The van der Waals surface area contributed by atoms with E-state index in [2.05, 4.69) is 26.6 Å². The van der Waals surface area contributed by atoms with E-state index in [0.29, 0.717) is 38.2 Å². The van der Waals surface area contributed by atoms with Crippen LogP contribution in [-0.4, -0.2) is 10.2 Å². The second-order valence-electron chi connectivity index (χ2n) is 10.1. The summed E-state index contributed by atoms with van der Waals surface area (Å²) in [5.41, 5.74) is -2.36. The number of hydrogen-bond acceptors (Lipinski definition) is 3. The molecule has 2 heterocycles. The summed E-state index contributed by atoms with van der Waals surface area (Å²) in [6.45, 7) is 0. The van der Waals surface area contributed by atoms with Gasteiger partial charge in [0.15, 0.2) is 5.78 Å². The van der Waals surface area contributed by atoms with Crippen LogP contribution in [0.2, 0.25) is 5.02 Å². The lowest BCUT2D eigenvalue weighted by Crippen LogP contribution is -2.12. The van der Waals surface area contributed by atoms with Gasteiger partial charge in [0.25, 0.3) is 0 Å². The zero-order chi connectivity index (χ0) is 32.1. The molecule has 0 aliphatic heterocycles. The Hall–Kier alpha value is -4.48. The van der Waals surface area contributed by atoms with Crippen LogP contribution in [0.4, 0.5) is 49.2 Å². The Kier molecular flexibility index (Phi) is 7.78. The number of carbonyl (C=O) groups is 1. The molecule has 0 radical (unpaired) electrons. The van der Waals surface area contributed by atoms with Crippen molar-refractivity contribution in [2.24, 2.45) is 0 Å². The maximum atomic E-state index is 14.3. The van der Waals surface area contributed by atoms with Crippen LogP contribution >= 0.6 is 27.5 Å². The van der Waals surface area contributed by atoms with Gasteiger partial charge in [0, 0.05) is 38.0 Å². The standard InChI is InChI=1S/C33H19BrClF6N3O/c34-22-7-5-19(6-8-22)30(45)27-28(42-25-16-20(32(36,37)38)15-21(17-25)33(39,40)41)31(43-24-11-9-23(35)10-12-24)44-14-13-18-3-1-2-4-26(18)29(27)44/h1-17,42-43H. The van der Waals surface area contributed by atoms with Crippen LogP contribution in [-0.2, 0) is 12.4 Å². The zero-order valence-corrected chi connectivity index (χ0v) is 25.0. The normalized spacial score (nSPS) is 12.1.